The molecule has 0 aliphatic heterocycles. The second-order valence-electron chi connectivity index (χ2n) is 8.53. The van der Waals surface area contributed by atoms with E-state index in [-0.39, 0.29) is 6.61 Å². The summed E-state index contributed by atoms with van der Waals surface area (Å²) in [6, 6.07) is 5.30. The minimum atomic E-state index is -0.112. The topological polar surface area (TPSA) is 40.5 Å². The van der Waals surface area contributed by atoms with Crippen molar-refractivity contribution in [3.05, 3.63) is 28.8 Å². The molecule has 1 aromatic carbocycles. The van der Waals surface area contributed by atoms with Crippen molar-refractivity contribution >= 4 is 23.7 Å². The molecular formula is C26H44ClNO2. The van der Waals surface area contributed by atoms with Gasteiger partial charge < -0.3 is 10.0 Å². The molecule has 1 amide bonds. The van der Waals surface area contributed by atoms with Crippen LogP contribution >= 0.6 is 11.6 Å². The van der Waals surface area contributed by atoms with Crippen molar-refractivity contribution in [3.8, 4) is 0 Å². The Labute approximate surface area is 190 Å². The molecule has 172 valence electrons. The van der Waals surface area contributed by atoms with Crippen LogP contribution in [0.2, 0.25) is 5.02 Å². The molecular weight excluding hydrogens is 394 g/mol. The number of anilines is 1. The molecule has 4 heteroatoms. The van der Waals surface area contributed by atoms with E-state index >= 15 is 0 Å². The van der Waals surface area contributed by atoms with Crippen LogP contribution in [0.25, 0.3) is 0 Å². The number of aliphatic hydroxyl groups is 1. The van der Waals surface area contributed by atoms with Crippen molar-refractivity contribution in [1.82, 2.24) is 0 Å². The smallest absolute Gasteiger partial charge is 0.214 e. The van der Waals surface area contributed by atoms with E-state index in [1.54, 1.807) is 17.0 Å². The molecule has 0 fully saturated rings. The predicted octanol–water partition coefficient (Wildman–Crippen LogP) is 8.06. The van der Waals surface area contributed by atoms with E-state index in [9.17, 15) is 9.90 Å². The number of amides is 1. The number of benzene rings is 1. The van der Waals surface area contributed by atoms with Crippen molar-refractivity contribution in [2.45, 2.75) is 116 Å². The molecule has 0 atom stereocenters. The maximum atomic E-state index is 11.5. The van der Waals surface area contributed by atoms with Crippen molar-refractivity contribution in [2.75, 3.05) is 11.4 Å². The van der Waals surface area contributed by atoms with Crippen LogP contribution in [-0.4, -0.2) is 18.1 Å². The maximum Gasteiger partial charge on any atom is 0.214 e. The Morgan fingerprint density at radius 2 is 1.27 bits per heavy atom. The molecule has 1 aromatic rings. The van der Waals surface area contributed by atoms with Gasteiger partial charge in [-0.15, -0.1) is 0 Å². The second-order valence-corrected chi connectivity index (χ2v) is 8.97. The number of carbonyl (C=O) groups excluding carboxylic acids is 1. The number of aliphatic hydroxyl groups excluding tert-OH is 1. The molecule has 0 radical (unpaired) electrons. The average molecular weight is 438 g/mol. The highest BCUT2D eigenvalue weighted by molar-refractivity contribution is 6.30. The summed E-state index contributed by atoms with van der Waals surface area (Å²) in [5, 5.41) is 10.1. The Balaban J connectivity index is 1.97. The van der Waals surface area contributed by atoms with Crippen molar-refractivity contribution in [3.63, 3.8) is 0 Å². The SMILES string of the molecule is CCCCCCCCCCCCCCCCCCN(C=O)c1ccc(Cl)cc1CO. The first-order chi connectivity index (χ1) is 14.7. The molecule has 1 rings (SSSR count). The first-order valence-corrected chi connectivity index (χ1v) is 12.7. The van der Waals surface area contributed by atoms with Crippen LogP contribution in [0, 0.1) is 0 Å². The third-order valence-electron chi connectivity index (χ3n) is 5.90. The van der Waals surface area contributed by atoms with Gasteiger partial charge in [-0.25, -0.2) is 0 Å². The van der Waals surface area contributed by atoms with E-state index in [1.807, 2.05) is 6.07 Å². The number of carbonyl (C=O) groups is 1. The molecule has 0 bridgehead atoms. The lowest BCUT2D eigenvalue weighted by Crippen LogP contribution is -2.23. The van der Waals surface area contributed by atoms with Crippen LogP contribution in [0.3, 0.4) is 0 Å². The number of rotatable bonds is 20. The summed E-state index contributed by atoms with van der Waals surface area (Å²) >= 11 is 5.98. The zero-order chi connectivity index (χ0) is 21.9. The number of unbranched alkanes of at least 4 members (excludes halogenated alkanes) is 15. The average Bonchev–Trinajstić information content (AvgIpc) is 2.76. The van der Waals surface area contributed by atoms with E-state index in [2.05, 4.69) is 6.92 Å². The largest absolute Gasteiger partial charge is 0.392 e. The monoisotopic (exact) mass is 437 g/mol. The predicted molar refractivity (Wildman–Crippen MR) is 130 cm³/mol. The molecule has 0 aliphatic rings. The van der Waals surface area contributed by atoms with Gasteiger partial charge in [0.05, 0.1) is 6.61 Å². The van der Waals surface area contributed by atoms with E-state index in [4.69, 9.17) is 11.6 Å². The maximum absolute atomic E-state index is 11.5. The molecule has 0 saturated carbocycles. The van der Waals surface area contributed by atoms with E-state index in [0.717, 1.165) is 24.9 Å². The lowest BCUT2D eigenvalue weighted by Gasteiger charge is -2.20. The zero-order valence-corrected chi connectivity index (χ0v) is 20.0. The normalized spacial score (nSPS) is 11.0. The summed E-state index contributed by atoms with van der Waals surface area (Å²) in [5.41, 5.74) is 1.46. The van der Waals surface area contributed by atoms with Crippen LogP contribution in [-0.2, 0) is 11.4 Å². The number of halogens is 1. The standard InChI is InChI=1S/C26H44ClNO2/c1-2-3-4-5-6-7-8-9-10-11-12-13-14-15-16-17-20-28(23-30)26-19-18-25(27)21-24(26)22-29/h18-19,21,23,29H,2-17,20,22H2,1H3. The third-order valence-corrected chi connectivity index (χ3v) is 6.14. The zero-order valence-electron chi connectivity index (χ0n) is 19.2. The Kier molecular flexibility index (Phi) is 16.8. The molecule has 0 aliphatic carbocycles. The Morgan fingerprint density at radius 1 is 0.800 bits per heavy atom. The molecule has 0 unspecified atom stereocenters. The van der Waals surface area contributed by atoms with Crippen LogP contribution in [0.4, 0.5) is 5.69 Å². The summed E-state index contributed by atoms with van der Waals surface area (Å²) in [6.45, 7) is 2.86. The fourth-order valence-corrected chi connectivity index (χ4v) is 4.22. The molecule has 0 spiro atoms. The molecule has 30 heavy (non-hydrogen) atoms. The van der Waals surface area contributed by atoms with E-state index < -0.39 is 0 Å². The highest BCUT2D eigenvalue weighted by Gasteiger charge is 2.10. The first-order valence-electron chi connectivity index (χ1n) is 12.3. The van der Waals surface area contributed by atoms with E-state index in [0.29, 0.717) is 17.1 Å². The summed E-state index contributed by atoms with van der Waals surface area (Å²) in [6.07, 6.45) is 22.3. The third kappa shape index (κ3) is 12.6. The van der Waals surface area contributed by atoms with Gasteiger partial charge in [0.2, 0.25) is 6.41 Å². The summed E-state index contributed by atoms with van der Waals surface area (Å²) in [7, 11) is 0. The van der Waals surface area contributed by atoms with Crippen molar-refractivity contribution < 1.29 is 9.90 Å². The number of hydrogen-bond donors (Lipinski definition) is 1. The van der Waals surface area contributed by atoms with E-state index in [1.165, 1.54) is 89.9 Å². The summed E-state index contributed by atoms with van der Waals surface area (Å²) in [4.78, 5) is 13.1. The van der Waals surface area contributed by atoms with Gasteiger partial charge in [-0.3, -0.25) is 4.79 Å². The second kappa shape index (κ2) is 18.7. The fraction of sp³-hybridized carbons (Fsp3) is 0.731. The van der Waals surface area contributed by atoms with Gasteiger partial charge in [-0.05, 0) is 24.6 Å². The van der Waals surface area contributed by atoms with Gasteiger partial charge in [0.1, 0.15) is 0 Å². The number of hydrogen-bond acceptors (Lipinski definition) is 2. The highest BCUT2D eigenvalue weighted by Crippen LogP contribution is 2.24. The lowest BCUT2D eigenvalue weighted by molar-refractivity contribution is -0.107. The molecule has 0 heterocycles. The Morgan fingerprint density at radius 3 is 1.70 bits per heavy atom. The first kappa shape index (κ1) is 27.0. The summed E-state index contributed by atoms with van der Waals surface area (Å²) in [5.74, 6) is 0. The van der Waals surface area contributed by atoms with Crippen LogP contribution in [0.15, 0.2) is 18.2 Å². The minimum Gasteiger partial charge on any atom is -0.392 e. The van der Waals surface area contributed by atoms with Gasteiger partial charge in [0, 0.05) is 22.8 Å². The van der Waals surface area contributed by atoms with Crippen LogP contribution in [0.1, 0.15) is 115 Å². The Hall–Kier alpha value is -1.06. The highest BCUT2D eigenvalue weighted by atomic mass is 35.5. The minimum absolute atomic E-state index is 0.112. The van der Waals surface area contributed by atoms with Crippen LogP contribution in [0.5, 0.6) is 0 Å². The van der Waals surface area contributed by atoms with Crippen molar-refractivity contribution in [1.29, 1.82) is 0 Å². The number of nitrogens with zero attached hydrogens (tertiary/aromatic N) is 1. The van der Waals surface area contributed by atoms with Gasteiger partial charge in [0.15, 0.2) is 0 Å². The van der Waals surface area contributed by atoms with Gasteiger partial charge in [-0.1, -0.05) is 115 Å². The van der Waals surface area contributed by atoms with Crippen molar-refractivity contribution in [2.24, 2.45) is 0 Å². The summed E-state index contributed by atoms with van der Waals surface area (Å²) < 4.78 is 0. The van der Waals surface area contributed by atoms with Crippen LogP contribution < -0.4 is 4.90 Å². The molecule has 0 saturated heterocycles. The quantitative estimate of drug-likeness (QED) is 0.165. The fourth-order valence-electron chi connectivity index (χ4n) is 4.02. The van der Waals surface area contributed by atoms with Gasteiger partial charge >= 0.3 is 0 Å². The Bertz CT molecular complexity index is 550. The molecule has 0 aromatic heterocycles. The lowest BCUT2D eigenvalue weighted by atomic mass is 10.0. The molecule has 3 nitrogen and oxygen atoms in total. The van der Waals surface area contributed by atoms with Gasteiger partial charge in [-0.2, -0.15) is 0 Å². The van der Waals surface area contributed by atoms with Gasteiger partial charge in [0.25, 0.3) is 0 Å². The molecule has 1 N–H and O–H groups in total.